The number of quaternary nitrogens is 1. The molecule has 1 saturated heterocycles. The summed E-state index contributed by atoms with van der Waals surface area (Å²) in [5.41, 5.74) is -0.296. The van der Waals surface area contributed by atoms with Gasteiger partial charge in [-0.1, -0.05) is 11.6 Å². The highest BCUT2D eigenvalue weighted by Gasteiger charge is 2.33. The number of hydrogen-bond acceptors (Lipinski definition) is 1. The number of benzene rings is 1. The van der Waals surface area contributed by atoms with E-state index in [0.29, 0.717) is 5.69 Å². The smallest absolute Gasteiger partial charge is 0.382 e. The van der Waals surface area contributed by atoms with Gasteiger partial charge in [-0.2, -0.15) is 13.2 Å². The van der Waals surface area contributed by atoms with Gasteiger partial charge < -0.3 is 10.6 Å². The average Bonchev–Trinajstić information content (AvgIpc) is 2.31. The van der Waals surface area contributed by atoms with Crippen molar-refractivity contribution in [1.29, 1.82) is 0 Å². The van der Waals surface area contributed by atoms with E-state index in [0.717, 1.165) is 32.0 Å². The van der Waals surface area contributed by atoms with Gasteiger partial charge in [-0.3, -0.25) is 0 Å². The number of halogens is 4. The van der Waals surface area contributed by atoms with Crippen LogP contribution in [0.3, 0.4) is 0 Å². The molecule has 1 aliphatic heterocycles. The lowest BCUT2D eigenvalue weighted by atomic mass is 10.1. The Kier molecular flexibility index (Phi) is 4.02. The molecule has 1 aliphatic rings. The minimum Gasteiger partial charge on any atom is -0.382 e. The molecule has 3 N–H and O–H groups in total. The number of anilines is 1. The van der Waals surface area contributed by atoms with Crippen LogP contribution in [0.25, 0.3) is 0 Å². The molecule has 0 bridgehead atoms. The molecule has 0 spiro atoms. The van der Waals surface area contributed by atoms with E-state index >= 15 is 0 Å². The van der Waals surface area contributed by atoms with E-state index in [1.807, 2.05) is 0 Å². The molecule has 0 amide bonds. The molecule has 1 aromatic carbocycles. The Morgan fingerprint density at radius 2 is 1.89 bits per heavy atom. The first-order valence-corrected chi connectivity index (χ1v) is 6.29. The Morgan fingerprint density at radius 3 is 2.50 bits per heavy atom. The molecule has 1 aromatic rings. The van der Waals surface area contributed by atoms with Gasteiger partial charge in [0.15, 0.2) is 0 Å². The van der Waals surface area contributed by atoms with Gasteiger partial charge >= 0.3 is 6.18 Å². The van der Waals surface area contributed by atoms with E-state index in [2.05, 4.69) is 10.6 Å². The van der Waals surface area contributed by atoms with Gasteiger partial charge in [0, 0.05) is 24.6 Å². The maximum atomic E-state index is 12.7. The summed E-state index contributed by atoms with van der Waals surface area (Å²) in [5.74, 6) is 0. The fourth-order valence-electron chi connectivity index (χ4n) is 2.14. The molecular formula is C12H15ClF3N2+. The molecule has 1 fully saturated rings. The summed E-state index contributed by atoms with van der Waals surface area (Å²) in [5, 5.41) is 5.09. The van der Waals surface area contributed by atoms with Crippen molar-refractivity contribution >= 4 is 17.3 Å². The quantitative estimate of drug-likeness (QED) is 0.856. The lowest BCUT2D eigenvalue weighted by Gasteiger charge is -2.23. The predicted octanol–water partition coefficient (Wildman–Crippen LogP) is 2.50. The molecule has 100 valence electrons. The molecule has 0 aromatic heterocycles. The van der Waals surface area contributed by atoms with Crippen LogP contribution < -0.4 is 10.6 Å². The Hall–Kier alpha value is -0.940. The number of hydrogen-bond donors (Lipinski definition) is 2. The van der Waals surface area contributed by atoms with Crippen LogP contribution in [0.2, 0.25) is 5.02 Å². The number of nitrogens with two attached hydrogens (primary N) is 1. The number of piperidine rings is 1. The van der Waals surface area contributed by atoms with Crippen molar-refractivity contribution in [3.63, 3.8) is 0 Å². The molecule has 18 heavy (non-hydrogen) atoms. The fourth-order valence-corrected chi connectivity index (χ4v) is 2.36. The molecule has 0 radical (unpaired) electrons. The van der Waals surface area contributed by atoms with Crippen molar-refractivity contribution in [3.8, 4) is 0 Å². The first-order valence-electron chi connectivity index (χ1n) is 5.92. The standard InChI is InChI=1S/C12H14ClF3N2/c13-11-2-1-9(7-10(11)12(14,15)16)18-8-3-5-17-6-4-8/h1-2,7-8,17-18H,3-6H2/p+1. The molecule has 0 unspecified atom stereocenters. The van der Waals surface area contributed by atoms with Crippen molar-refractivity contribution in [2.75, 3.05) is 18.4 Å². The molecule has 0 saturated carbocycles. The Labute approximate surface area is 109 Å². The third kappa shape index (κ3) is 3.29. The van der Waals surface area contributed by atoms with Crippen molar-refractivity contribution in [2.45, 2.75) is 25.1 Å². The minimum atomic E-state index is -4.41. The van der Waals surface area contributed by atoms with Gasteiger partial charge in [0.25, 0.3) is 0 Å². The van der Waals surface area contributed by atoms with Crippen molar-refractivity contribution in [1.82, 2.24) is 0 Å². The van der Waals surface area contributed by atoms with Gasteiger partial charge in [-0.05, 0) is 18.2 Å². The highest BCUT2D eigenvalue weighted by atomic mass is 35.5. The highest BCUT2D eigenvalue weighted by molar-refractivity contribution is 6.31. The van der Waals surface area contributed by atoms with Crippen LogP contribution >= 0.6 is 11.6 Å². The third-order valence-electron chi connectivity index (χ3n) is 3.08. The fraction of sp³-hybridized carbons (Fsp3) is 0.500. The number of rotatable bonds is 2. The van der Waals surface area contributed by atoms with Gasteiger partial charge in [-0.15, -0.1) is 0 Å². The number of nitrogens with one attached hydrogen (secondary N) is 1. The minimum absolute atomic E-state index is 0.247. The number of alkyl halides is 3. The van der Waals surface area contributed by atoms with E-state index in [1.54, 1.807) is 6.07 Å². The zero-order chi connectivity index (χ0) is 13.2. The van der Waals surface area contributed by atoms with E-state index < -0.39 is 11.7 Å². The maximum absolute atomic E-state index is 12.7. The van der Waals surface area contributed by atoms with Crippen LogP contribution in [0.4, 0.5) is 18.9 Å². The zero-order valence-electron chi connectivity index (χ0n) is 9.73. The summed E-state index contributed by atoms with van der Waals surface area (Å²) in [6, 6.07) is 4.22. The summed E-state index contributed by atoms with van der Waals surface area (Å²) in [7, 11) is 0. The monoisotopic (exact) mass is 279 g/mol. The highest BCUT2D eigenvalue weighted by Crippen LogP contribution is 2.36. The van der Waals surface area contributed by atoms with Gasteiger partial charge in [0.1, 0.15) is 0 Å². The van der Waals surface area contributed by atoms with Crippen molar-refractivity contribution < 1.29 is 18.5 Å². The first kappa shape index (κ1) is 13.5. The van der Waals surface area contributed by atoms with Crippen LogP contribution in [0.15, 0.2) is 18.2 Å². The second-order valence-corrected chi connectivity index (χ2v) is 4.88. The zero-order valence-corrected chi connectivity index (χ0v) is 10.5. The van der Waals surface area contributed by atoms with Crippen molar-refractivity contribution in [3.05, 3.63) is 28.8 Å². The second kappa shape index (κ2) is 5.36. The lowest BCUT2D eigenvalue weighted by Crippen LogP contribution is -2.87. The Bertz CT molecular complexity index is 414. The molecule has 2 rings (SSSR count). The van der Waals surface area contributed by atoms with Crippen LogP contribution in [0.5, 0.6) is 0 Å². The van der Waals surface area contributed by atoms with Crippen LogP contribution in [0, 0.1) is 0 Å². The van der Waals surface area contributed by atoms with E-state index in [1.165, 1.54) is 6.07 Å². The Morgan fingerprint density at radius 1 is 1.22 bits per heavy atom. The second-order valence-electron chi connectivity index (χ2n) is 4.48. The topological polar surface area (TPSA) is 28.6 Å². The molecule has 0 atom stereocenters. The summed E-state index contributed by atoms with van der Waals surface area (Å²) >= 11 is 5.57. The predicted molar refractivity (Wildman–Crippen MR) is 64.8 cm³/mol. The van der Waals surface area contributed by atoms with E-state index in [9.17, 15) is 13.2 Å². The summed E-state index contributed by atoms with van der Waals surface area (Å²) < 4.78 is 38.1. The van der Waals surface area contributed by atoms with Crippen molar-refractivity contribution in [2.24, 2.45) is 0 Å². The van der Waals surface area contributed by atoms with Crippen LogP contribution in [-0.4, -0.2) is 19.1 Å². The third-order valence-corrected chi connectivity index (χ3v) is 3.41. The Balaban J connectivity index is 2.14. The maximum Gasteiger partial charge on any atom is 0.417 e. The van der Waals surface area contributed by atoms with Gasteiger partial charge in [0.05, 0.1) is 23.7 Å². The molecule has 0 aliphatic carbocycles. The van der Waals surface area contributed by atoms with Gasteiger partial charge in [0.2, 0.25) is 0 Å². The van der Waals surface area contributed by atoms with Crippen LogP contribution in [0.1, 0.15) is 18.4 Å². The summed E-state index contributed by atoms with van der Waals surface area (Å²) in [6.45, 7) is 2.02. The average molecular weight is 280 g/mol. The van der Waals surface area contributed by atoms with E-state index in [-0.39, 0.29) is 11.1 Å². The lowest BCUT2D eigenvalue weighted by molar-refractivity contribution is -0.662. The largest absolute Gasteiger partial charge is 0.417 e. The van der Waals surface area contributed by atoms with Gasteiger partial charge in [-0.25, -0.2) is 0 Å². The summed E-state index contributed by atoms with van der Waals surface area (Å²) in [6.07, 6.45) is -2.48. The molecular weight excluding hydrogens is 265 g/mol. The first-order chi connectivity index (χ1) is 8.47. The molecule has 2 nitrogen and oxygen atoms in total. The van der Waals surface area contributed by atoms with E-state index in [4.69, 9.17) is 11.6 Å². The summed E-state index contributed by atoms with van der Waals surface area (Å²) in [4.78, 5) is 0. The van der Waals surface area contributed by atoms with Crippen LogP contribution in [-0.2, 0) is 6.18 Å². The molecule has 1 heterocycles. The molecule has 6 heteroatoms. The SMILES string of the molecule is FC(F)(F)c1cc(NC2CC[NH2+]CC2)ccc1Cl. The normalized spacial score (nSPS) is 17.8.